The Morgan fingerprint density at radius 2 is 2.10 bits per heavy atom. The van der Waals surface area contributed by atoms with Crippen LogP contribution in [-0.4, -0.2) is 54.8 Å². The lowest BCUT2D eigenvalue weighted by molar-refractivity contribution is -0.0510. The van der Waals surface area contributed by atoms with Gasteiger partial charge in [0, 0.05) is 6.20 Å². The highest BCUT2D eigenvalue weighted by molar-refractivity contribution is 5.79. The first-order valence-corrected chi connectivity index (χ1v) is 6.70. The zero-order valence-electron chi connectivity index (χ0n) is 11.3. The topological polar surface area (TPSA) is 101 Å². The zero-order valence-corrected chi connectivity index (χ0v) is 11.3. The van der Waals surface area contributed by atoms with E-state index in [1.165, 1.54) is 17.1 Å². The van der Waals surface area contributed by atoms with Gasteiger partial charge in [0.05, 0.1) is 17.7 Å². The highest BCUT2D eigenvalue weighted by atomic mass is 19.1. The lowest BCUT2D eigenvalue weighted by Crippen LogP contribution is -2.33. The number of aryl methyl sites for hydroxylation is 1. The molecule has 3 N–H and O–H groups in total. The SMILES string of the molecule is CCc1ncnc2c1c(F)cn2[C@@H]1O[C@H](CO)[C@@H](O)[C@H]1O. The van der Waals surface area contributed by atoms with Gasteiger partial charge in [0.2, 0.25) is 0 Å². The molecule has 1 saturated heterocycles. The van der Waals surface area contributed by atoms with Crippen LogP contribution in [0.5, 0.6) is 0 Å². The second kappa shape index (κ2) is 5.30. The Morgan fingerprint density at radius 1 is 1.33 bits per heavy atom. The largest absolute Gasteiger partial charge is 0.394 e. The molecule has 0 saturated carbocycles. The van der Waals surface area contributed by atoms with Gasteiger partial charge in [-0.2, -0.15) is 0 Å². The van der Waals surface area contributed by atoms with Gasteiger partial charge in [-0.15, -0.1) is 0 Å². The van der Waals surface area contributed by atoms with E-state index in [4.69, 9.17) is 9.84 Å². The van der Waals surface area contributed by atoms with Crippen molar-refractivity contribution in [3.05, 3.63) is 24.0 Å². The maximum Gasteiger partial charge on any atom is 0.164 e. The van der Waals surface area contributed by atoms with E-state index in [1.54, 1.807) is 0 Å². The standard InChI is InChI=1S/C13H16FN3O4/c1-2-7-9-6(14)3-17(12(9)16-5-15-7)13-11(20)10(19)8(4-18)21-13/h3,5,8,10-11,13,18-20H,2,4H2,1H3/t8-,10-,11-,13-/m1/s1. The molecule has 2 aromatic rings. The maximum atomic E-state index is 14.2. The van der Waals surface area contributed by atoms with Crippen molar-refractivity contribution in [2.45, 2.75) is 37.9 Å². The number of aromatic nitrogens is 3. The van der Waals surface area contributed by atoms with E-state index < -0.39 is 37.0 Å². The number of hydrogen-bond donors (Lipinski definition) is 3. The van der Waals surface area contributed by atoms with E-state index in [2.05, 4.69) is 9.97 Å². The Labute approximate surface area is 119 Å². The molecular weight excluding hydrogens is 281 g/mol. The fourth-order valence-electron chi connectivity index (χ4n) is 2.67. The number of aliphatic hydroxyl groups is 3. The van der Waals surface area contributed by atoms with Crippen LogP contribution in [0.15, 0.2) is 12.5 Å². The maximum absolute atomic E-state index is 14.2. The molecule has 0 aliphatic carbocycles. The van der Waals surface area contributed by atoms with Crippen molar-refractivity contribution < 1.29 is 24.4 Å². The predicted octanol–water partition coefficient (Wildman–Crippen LogP) is -0.256. The van der Waals surface area contributed by atoms with Gasteiger partial charge in [-0.1, -0.05) is 6.92 Å². The van der Waals surface area contributed by atoms with Crippen LogP contribution in [-0.2, 0) is 11.2 Å². The van der Waals surface area contributed by atoms with Gasteiger partial charge in [0.15, 0.2) is 12.0 Å². The van der Waals surface area contributed by atoms with Crippen molar-refractivity contribution in [3.63, 3.8) is 0 Å². The number of nitrogens with zero attached hydrogens (tertiary/aromatic N) is 3. The Kier molecular flexibility index (Phi) is 3.62. The van der Waals surface area contributed by atoms with Crippen LogP contribution in [0.25, 0.3) is 11.0 Å². The molecular formula is C13H16FN3O4. The average Bonchev–Trinajstić information content (AvgIpc) is 2.98. The van der Waals surface area contributed by atoms with Gasteiger partial charge in [-0.3, -0.25) is 0 Å². The van der Waals surface area contributed by atoms with Crippen LogP contribution in [0.2, 0.25) is 0 Å². The lowest BCUT2D eigenvalue weighted by atomic mass is 10.1. The van der Waals surface area contributed by atoms with Gasteiger partial charge in [-0.25, -0.2) is 14.4 Å². The highest BCUT2D eigenvalue weighted by Gasteiger charge is 2.44. The van der Waals surface area contributed by atoms with Gasteiger partial charge < -0.3 is 24.6 Å². The van der Waals surface area contributed by atoms with Crippen molar-refractivity contribution in [2.75, 3.05) is 6.61 Å². The fraction of sp³-hybridized carbons (Fsp3) is 0.538. The number of rotatable bonds is 3. The monoisotopic (exact) mass is 297 g/mol. The number of hydrogen-bond acceptors (Lipinski definition) is 6. The predicted molar refractivity (Wildman–Crippen MR) is 69.9 cm³/mol. The summed E-state index contributed by atoms with van der Waals surface area (Å²) >= 11 is 0. The molecule has 8 heteroatoms. The van der Waals surface area contributed by atoms with E-state index in [0.717, 1.165) is 0 Å². The summed E-state index contributed by atoms with van der Waals surface area (Å²) in [7, 11) is 0. The smallest absolute Gasteiger partial charge is 0.164 e. The van der Waals surface area contributed by atoms with E-state index >= 15 is 0 Å². The van der Waals surface area contributed by atoms with Gasteiger partial charge in [0.25, 0.3) is 0 Å². The summed E-state index contributed by atoms with van der Waals surface area (Å²) in [5.74, 6) is -0.514. The Bertz CT molecular complexity index is 662. The molecule has 3 heterocycles. The normalized spacial score (nSPS) is 29.4. The molecule has 1 aliphatic rings. The third-order valence-electron chi connectivity index (χ3n) is 3.77. The third-order valence-corrected chi connectivity index (χ3v) is 3.77. The van der Waals surface area contributed by atoms with Crippen LogP contribution >= 0.6 is 0 Å². The molecule has 7 nitrogen and oxygen atoms in total. The molecule has 0 aromatic carbocycles. The Hall–Kier alpha value is -1.61. The van der Waals surface area contributed by atoms with Crippen molar-refractivity contribution in [3.8, 4) is 0 Å². The summed E-state index contributed by atoms with van der Waals surface area (Å²) in [6.45, 7) is 1.41. The van der Waals surface area contributed by atoms with Crippen LogP contribution in [0.3, 0.4) is 0 Å². The Morgan fingerprint density at radius 3 is 2.71 bits per heavy atom. The second-order valence-corrected chi connectivity index (χ2v) is 4.99. The van der Waals surface area contributed by atoms with Crippen LogP contribution < -0.4 is 0 Å². The van der Waals surface area contributed by atoms with E-state index in [-0.39, 0.29) is 11.0 Å². The zero-order chi connectivity index (χ0) is 15.1. The van der Waals surface area contributed by atoms with Crippen molar-refractivity contribution in [1.82, 2.24) is 14.5 Å². The Balaban J connectivity index is 2.10. The number of halogens is 1. The average molecular weight is 297 g/mol. The first kappa shape index (κ1) is 14.3. The van der Waals surface area contributed by atoms with Gasteiger partial charge in [-0.05, 0) is 6.42 Å². The quantitative estimate of drug-likeness (QED) is 0.722. The molecule has 1 aliphatic heterocycles. The third kappa shape index (κ3) is 2.11. The molecule has 0 spiro atoms. The summed E-state index contributed by atoms with van der Waals surface area (Å²) in [6, 6.07) is 0. The van der Waals surface area contributed by atoms with Gasteiger partial charge >= 0.3 is 0 Å². The first-order chi connectivity index (χ1) is 10.1. The molecule has 114 valence electrons. The molecule has 2 aromatic heterocycles. The summed E-state index contributed by atoms with van der Waals surface area (Å²) in [6.07, 6.45) is -1.43. The summed E-state index contributed by atoms with van der Waals surface area (Å²) in [5.41, 5.74) is 0.845. The van der Waals surface area contributed by atoms with Crippen molar-refractivity contribution in [2.24, 2.45) is 0 Å². The molecule has 3 rings (SSSR count). The molecule has 0 radical (unpaired) electrons. The van der Waals surface area contributed by atoms with Crippen molar-refractivity contribution in [1.29, 1.82) is 0 Å². The highest BCUT2D eigenvalue weighted by Crippen LogP contribution is 2.33. The fourth-order valence-corrected chi connectivity index (χ4v) is 2.67. The summed E-state index contributed by atoms with van der Waals surface area (Å²) in [4.78, 5) is 8.08. The molecule has 0 unspecified atom stereocenters. The van der Waals surface area contributed by atoms with E-state index in [1.807, 2.05) is 6.92 Å². The minimum absolute atomic E-state index is 0.276. The van der Waals surface area contributed by atoms with Gasteiger partial charge in [0.1, 0.15) is 30.3 Å². The van der Waals surface area contributed by atoms with Crippen LogP contribution in [0, 0.1) is 5.82 Å². The van der Waals surface area contributed by atoms with Crippen molar-refractivity contribution >= 4 is 11.0 Å². The van der Waals surface area contributed by atoms with Crippen LogP contribution in [0.4, 0.5) is 4.39 Å². The molecule has 0 bridgehead atoms. The molecule has 21 heavy (non-hydrogen) atoms. The first-order valence-electron chi connectivity index (χ1n) is 6.70. The number of aliphatic hydroxyl groups excluding tert-OH is 3. The summed E-state index contributed by atoms with van der Waals surface area (Å²) in [5, 5.41) is 29.2. The number of ether oxygens (including phenoxy) is 1. The van der Waals surface area contributed by atoms with E-state index in [9.17, 15) is 14.6 Å². The van der Waals surface area contributed by atoms with E-state index in [0.29, 0.717) is 12.1 Å². The molecule has 0 amide bonds. The minimum Gasteiger partial charge on any atom is -0.394 e. The molecule has 4 atom stereocenters. The lowest BCUT2D eigenvalue weighted by Gasteiger charge is -2.17. The minimum atomic E-state index is -1.28. The van der Waals surface area contributed by atoms with Crippen LogP contribution in [0.1, 0.15) is 18.8 Å². The number of fused-ring (bicyclic) bond motifs is 1. The second-order valence-electron chi connectivity index (χ2n) is 4.99. The molecule has 1 fully saturated rings. The summed E-state index contributed by atoms with van der Waals surface area (Å²) < 4.78 is 20.9.